The van der Waals surface area contributed by atoms with E-state index in [-0.39, 0.29) is 11.2 Å². The lowest BCUT2D eigenvalue weighted by Crippen LogP contribution is -2.24. The van der Waals surface area contributed by atoms with Crippen LogP contribution in [-0.2, 0) is 4.79 Å². The zero-order chi connectivity index (χ0) is 13.2. The lowest BCUT2D eigenvalue weighted by atomic mass is 10.2. The average Bonchev–Trinajstić information content (AvgIpc) is 2.93. The first-order valence-corrected chi connectivity index (χ1v) is 7.40. The number of hydrogen-bond acceptors (Lipinski definition) is 5. The van der Waals surface area contributed by atoms with Gasteiger partial charge in [0, 0.05) is 12.1 Å². The minimum atomic E-state index is 0.0193. The lowest BCUT2D eigenvalue weighted by molar-refractivity contribution is -0.115. The van der Waals surface area contributed by atoms with Crippen LogP contribution in [0.2, 0.25) is 0 Å². The highest BCUT2D eigenvalue weighted by Gasteiger charge is 2.24. The maximum atomic E-state index is 12.1. The summed E-state index contributed by atoms with van der Waals surface area (Å²) in [7, 11) is 0. The van der Waals surface area contributed by atoms with Crippen molar-refractivity contribution in [2.24, 2.45) is 0 Å². The number of nitrogens with one attached hydrogen (secondary N) is 1. The van der Waals surface area contributed by atoms with Crippen LogP contribution < -0.4 is 20.5 Å². The van der Waals surface area contributed by atoms with Crippen molar-refractivity contribution >= 4 is 29.0 Å². The van der Waals surface area contributed by atoms with Crippen molar-refractivity contribution in [3.05, 3.63) is 12.1 Å². The molecule has 6 heteroatoms. The third-order valence-electron chi connectivity index (χ3n) is 3.19. The van der Waals surface area contributed by atoms with Gasteiger partial charge in [-0.15, -0.1) is 11.8 Å². The van der Waals surface area contributed by atoms with Crippen LogP contribution in [0, 0.1) is 0 Å². The molecule has 1 saturated heterocycles. The summed E-state index contributed by atoms with van der Waals surface area (Å²) in [6.45, 7) is 1.04. The number of nitrogens with two attached hydrogens (primary N) is 1. The van der Waals surface area contributed by atoms with Gasteiger partial charge in [-0.3, -0.25) is 4.79 Å². The van der Waals surface area contributed by atoms with Crippen molar-refractivity contribution in [1.29, 1.82) is 0 Å². The van der Waals surface area contributed by atoms with E-state index < -0.39 is 0 Å². The molecule has 3 rings (SSSR count). The number of rotatable bonds is 2. The van der Waals surface area contributed by atoms with E-state index in [0.29, 0.717) is 36.1 Å². The molecule has 19 heavy (non-hydrogen) atoms. The summed E-state index contributed by atoms with van der Waals surface area (Å²) >= 11 is 1.70. The normalized spacial score (nSPS) is 21.2. The Hall–Kier alpha value is -1.56. The number of nitrogen functional groups attached to an aromatic ring is 1. The summed E-state index contributed by atoms with van der Waals surface area (Å²) in [4.78, 5) is 12.1. The van der Waals surface area contributed by atoms with Gasteiger partial charge in [-0.25, -0.2) is 0 Å². The van der Waals surface area contributed by atoms with Gasteiger partial charge >= 0.3 is 0 Å². The quantitative estimate of drug-likeness (QED) is 0.809. The van der Waals surface area contributed by atoms with Crippen molar-refractivity contribution < 1.29 is 14.3 Å². The molecule has 0 radical (unpaired) electrons. The molecule has 2 aliphatic heterocycles. The molecule has 1 aromatic carbocycles. The fourth-order valence-electron chi connectivity index (χ4n) is 2.21. The molecule has 0 bridgehead atoms. The fraction of sp³-hybridized carbons (Fsp3) is 0.462. The molecule has 0 aliphatic carbocycles. The number of thioether (sulfide) groups is 1. The number of hydrogen-bond donors (Lipinski definition) is 2. The molecule has 1 fully saturated rings. The summed E-state index contributed by atoms with van der Waals surface area (Å²) in [6.07, 6.45) is 2.03. The highest BCUT2D eigenvalue weighted by Crippen LogP contribution is 2.37. The molecule has 3 N–H and O–H groups in total. The zero-order valence-corrected chi connectivity index (χ0v) is 11.3. The maximum absolute atomic E-state index is 12.1. The standard InChI is InChI=1S/C13H16N2O3S/c14-8-6-10-11(18-4-3-17-10)7-9(8)15-13(16)12-2-1-5-19-12/h6-7,12H,1-5,14H2,(H,15,16). The minimum absolute atomic E-state index is 0.0193. The van der Waals surface area contributed by atoms with Crippen molar-refractivity contribution in [3.8, 4) is 11.5 Å². The molecular weight excluding hydrogens is 264 g/mol. The molecular formula is C13H16N2O3S. The molecule has 1 unspecified atom stereocenters. The molecule has 2 heterocycles. The van der Waals surface area contributed by atoms with Crippen LogP contribution in [0.3, 0.4) is 0 Å². The van der Waals surface area contributed by atoms with Crippen LogP contribution in [0.4, 0.5) is 11.4 Å². The maximum Gasteiger partial charge on any atom is 0.237 e. The number of ether oxygens (including phenoxy) is 2. The summed E-state index contributed by atoms with van der Waals surface area (Å²) in [5, 5.41) is 2.92. The molecule has 5 nitrogen and oxygen atoms in total. The second-order valence-corrected chi connectivity index (χ2v) is 5.88. The Kier molecular flexibility index (Phi) is 3.42. The van der Waals surface area contributed by atoms with E-state index >= 15 is 0 Å². The Bertz CT molecular complexity index is 501. The highest BCUT2D eigenvalue weighted by atomic mass is 32.2. The Balaban J connectivity index is 1.78. The van der Waals surface area contributed by atoms with E-state index in [1.54, 1.807) is 23.9 Å². The van der Waals surface area contributed by atoms with Gasteiger partial charge in [0.25, 0.3) is 0 Å². The second kappa shape index (κ2) is 5.21. The summed E-state index contributed by atoms with van der Waals surface area (Å²) < 4.78 is 10.9. The number of fused-ring (bicyclic) bond motifs is 1. The van der Waals surface area contributed by atoms with E-state index in [4.69, 9.17) is 15.2 Å². The van der Waals surface area contributed by atoms with Crippen molar-refractivity contribution in [2.75, 3.05) is 30.0 Å². The molecule has 0 saturated carbocycles. The zero-order valence-electron chi connectivity index (χ0n) is 10.5. The fourth-order valence-corrected chi connectivity index (χ4v) is 3.37. The van der Waals surface area contributed by atoms with E-state index in [0.717, 1.165) is 18.6 Å². The largest absolute Gasteiger partial charge is 0.486 e. The smallest absolute Gasteiger partial charge is 0.237 e. The number of carbonyl (C=O) groups excluding carboxylic acids is 1. The summed E-state index contributed by atoms with van der Waals surface area (Å²) in [5.74, 6) is 2.34. The molecule has 0 aromatic heterocycles. The van der Waals surface area contributed by atoms with Crippen LogP contribution in [-0.4, -0.2) is 30.1 Å². The van der Waals surface area contributed by atoms with Crippen LogP contribution in [0.15, 0.2) is 12.1 Å². The predicted molar refractivity (Wildman–Crippen MR) is 76.0 cm³/mol. The van der Waals surface area contributed by atoms with E-state index in [1.807, 2.05) is 0 Å². The molecule has 0 spiro atoms. The Morgan fingerprint density at radius 1 is 1.32 bits per heavy atom. The third-order valence-corrected chi connectivity index (χ3v) is 4.57. The lowest BCUT2D eigenvalue weighted by Gasteiger charge is -2.20. The Morgan fingerprint density at radius 2 is 2.05 bits per heavy atom. The number of anilines is 2. The van der Waals surface area contributed by atoms with Gasteiger partial charge in [-0.2, -0.15) is 0 Å². The highest BCUT2D eigenvalue weighted by molar-refractivity contribution is 8.00. The number of carbonyl (C=O) groups is 1. The van der Waals surface area contributed by atoms with E-state index in [2.05, 4.69) is 5.32 Å². The predicted octanol–water partition coefficient (Wildman–Crippen LogP) is 1.87. The van der Waals surface area contributed by atoms with Gasteiger partial charge in [-0.05, 0) is 18.6 Å². The van der Waals surface area contributed by atoms with E-state index in [9.17, 15) is 4.79 Å². The molecule has 1 amide bonds. The van der Waals surface area contributed by atoms with Gasteiger partial charge in [-0.1, -0.05) is 0 Å². The Labute approximate surface area is 115 Å². The summed E-state index contributed by atoms with van der Waals surface area (Å²) in [6, 6.07) is 3.44. The summed E-state index contributed by atoms with van der Waals surface area (Å²) in [5.41, 5.74) is 7.03. The third kappa shape index (κ3) is 2.58. The van der Waals surface area contributed by atoms with Gasteiger partial charge in [0.1, 0.15) is 13.2 Å². The van der Waals surface area contributed by atoms with Crippen molar-refractivity contribution in [2.45, 2.75) is 18.1 Å². The molecule has 2 aliphatic rings. The molecule has 1 atom stereocenters. The average molecular weight is 280 g/mol. The molecule has 102 valence electrons. The van der Waals surface area contributed by atoms with Crippen LogP contribution >= 0.6 is 11.8 Å². The van der Waals surface area contributed by atoms with Gasteiger partial charge in [0.05, 0.1) is 16.6 Å². The van der Waals surface area contributed by atoms with Gasteiger partial charge < -0.3 is 20.5 Å². The Morgan fingerprint density at radius 3 is 2.74 bits per heavy atom. The minimum Gasteiger partial charge on any atom is -0.486 e. The first-order chi connectivity index (χ1) is 9.24. The van der Waals surface area contributed by atoms with Crippen LogP contribution in [0.25, 0.3) is 0 Å². The first kappa shape index (κ1) is 12.5. The monoisotopic (exact) mass is 280 g/mol. The van der Waals surface area contributed by atoms with Crippen molar-refractivity contribution in [1.82, 2.24) is 0 Å². The number of amides is 1. The second-order valence-electron chi connectivity index (χ2n) is 4.57. The van der Waals surface area contributed by atoms with Crippen molar-refractivity contribution in [3.63, 3.8) is 0 Å². The van der Waals surface area contributed by atoms with Crippen LogP contribution in [0.1, 0.15) is 12.8 Å². The first-order valence-electron chi connectivity index (χ1n) is 6.35. The van der Waals surface area contributed by atoms with Gasteiger partial charge in [0.2, 0.25) is 5.91 Å². The van der Waals surface area contributed by atoms with E-state index in [1.165, 1.54) is 0 Å². The SMILES string of the molecule is Nc1cc2c(cc1NC(=O)C1CCCS1)OCCO2. The topological polar surface area (TPSA) is 73.6 Å². The number of benzene rings is 1. The molecule has 1 aromatic rings. The van der Waals surface area contributed by atoms with Crippen LogP contribution in [0.5, 0.6) is 11.5 Å². The van der Waals surface area contributed by atoms with Gasteiger partial charge in [0.15, 0.2) is 11.5 Å².